The Kier molecular flexibility index (Phi) is 4.86. The third-order valence-corrected chi connectivity index (χ3v) is 6.22. The lowest BCUT2D eigenvalue weighted by atomic mass is 10.0. The number of nitrogens with zero attached hydrogens (tertiary/aromatic N) is 2. The lowest BCUT2D eigenvalue weighted by Gasteiger charge is -2.32. The molecule has 3 amide bonds. The van der Waals surface area contributed by atoms with Gasteiger partial charge in [0.25, 0.3) is 5.91 Å². The van der Waals surface area contributed by atoms with Crippen molar-refractivity contribution < 1.29 is 19.1 Å². The highest BCUT2D eigenvalue weighted by Crippen LogP contribution is 2.35. The highest BCUT2D eigenvalue weighted by Gasteiger charge is 2.40. The number of piperidine rings is 1. The van der Waals surface area contributed by atoms with E-state index >= 15 is 0 Å². The lowest BCUT2D eigenvalue weighted by molar-refractivity contribution is -0.136. The predicted molar refractivity (Wildman–Crippen MR) is 113 cm³/mol. The minimum atomic E-state index is -0.607. The van der Waals surface area contributed by atoms with Crippen LogP contribution in [0.5, 0.6) is 5.75 Å². The molecule has 0 saturated carbocycles. The smallest absolute Gasteiger partial charge is 0.255 e. The van der Waals surface area contributed by atoms with Crippen LogP contribution in [0.25, 0.3) is 0 Å². The van der Waals surface area contributed by atoms with Crippen molar-refractivity contribution in [3.63, 3.8) is 0 Å². The predicted octanol–water partition coefficient (Wildman–Crippen LogP) is 1.31. The maximum Gasteiger partial charge on any atom is 0.255 e. The van der Waals surface area contributed by atoms with Crippen LogP contribution in [-0.4, -0.2) is 41.8 Å². The van der Waals surface area contributed by atoms with E-state index in [-0.39, 0.29) is 18.2 Å². The van der Waals surface area contributed by atoms with Gasteiger partial charge in [-0.15, -0.1) is 0 Å². The normalized spacial score (nSPS) is 20.3. The molecular weight excluding hydrogens is 396 g/mol. The van der Waals surface area contributed by atoms with E-state index in [1.807, 2.05) is 36.4 Å². The van der Waals surface area contributed by atoms with Crippen molar-refractivity contribution in [3.8, 4) is 5.75 Å². The summed E-state index contributed by atoms with van der Waals surface area (Å²) < 4.78 is 5.82. The van der Waals surface area contributed by atoms with E-state index in [1.54, 1.807) is 4.90 Å². The van der Waals surface area contributed by atoms with Gasteiger partial charge in [0.15, 0.2) is 0 Å². The van der Waals surface area contributed by atoms with Crippen LogP contribution in [0.4, 0.5) is 5.69 Å². The topological polar surface area (TPSA) is 105 Å². The fraction of sp³-hybridized carbons (Fsp3) is 0.348. The number of anilines is 1. The van der Waals surface area contributed by atoms with E-state index in [0.717, 1.165) is 28.1 Å². The van der Waals surface area contributed by atoms with Gasteiger partial charge >= 0.3 is 0 Å². The van der Waals surface area contributed by atoms with E-state index < -0.39 is 11.9 Å². The number of carbonyl (C=O) groups is 3. The Labute approximate surface area is 179 Å². The van der Waals surface area contributed by atoms with Crippen LogP contribution in [0.3, 0.4) is 0 Å². The number of imide groups is 1. The Morgan fingerprint density at radius 3 is 2.84 bits per heavy atom. The van der Waals surface area contributed by atoms with Crippen LogP contribution in [0.2, 0.25) is 0 Å². The molecule has 3 heterocycles. The Hall–Kier alpha value is -3.39. The number of carbonyl (C=O) groups excluding carboxylic acids is 3. The van der Waals surface area contributed by atoms with Gasteiger partial charge in [-0.3, -0.25) is 19.7 Å². The van der Waals surface area contributed by atoms with Crippen molar-refractivity contribution in [1.82, 2.24) is 10.2 Å². The Morgan fingerprint density at radius 1 is 1.16 bits per heavy atom. The van der Waals surface area contributed by atoms with Crippen molar-refractivity contribution in [3.05, 3.63) is 58.7 Å². The average Bonchev–Trinajstić information content (AvgIpc) is 3.11. The number of hydrogen-bond donors (Lipinski definition) is 2. The van der Waals surface area contributed by atoms with Crippen LogP contribution in [-0.2, 0) is 29.2 Å². The molecule has 8 nitrogen and oxygen atoms in total. The Bertz CT molecular complexity index is 1080. The second kappa shape index (κ2) is 7.70. The van der Waals surface area contributed by atoms with Crippen molar-refractivity contribution in [2.75, 3.05) is 18.1 Å². The second-order valence-electron chi connectivity index (χ2n) is 8.13. The highest BCUT2D eigenvalue weighted by atomic mass is 16.5. The molecule has 3 aliphatic heterocycles. The molecule has 0 aromatic heterocycles. The summed E-state index contributed by atoms with van der Waals surface area (Å²) in [7, 11) is 0. The molecule has 1 unspecified atom stereocenters. The van der Waals surface area contributed by atoms with Crippen LogP contribution in [0, 0.1) is 0 Å². The van der Waals surface area contributed by atoms with Crippen molar-refractivity contribution in [1.29, 1.82) is 0 Å². The summed E-state index contributed by atoms with van der Waals surface area (Å²) in [6, 6.07) is 11.2. The number of nitrogens with two attached hydrogens (primary N) is 1. The maximum absolute atomic E-state index is 13.3. The standard InChI is InChI=1S/C23H24N4O4/c24-11-14-4-5-17-19(10-14)31-9-8-26(17)12-15-2-1-3-16-13-27(23(30)21(15)16)18-6-7-20(28)25-22(18)29/h1-5,10,18H,6-9,11-13,24H2,(H,25,28,29). The van der Waals surface area contributed by atoms with Crippen molar-refractivity contribution in [2.45, 2.75) is 38.5 Å². The van der Waals surface area contributed by atoms with Gasteiger partial charge in [-0.05, 0) is 35.2 Å². The summed E-state index contributed by atoms with van der Waals surface area (Å²) in [6.45, 7) is 2.67. The first-order valence-electron chi connectivity index (χ1n) is 10.5. The zero-order chi connectivity index (χ0) is 21.5. The summed E-state index contributed by atoms with van der Waals surface area (Å²) >= 11 is 0. The molecule has 1 atom stereocenters. The van der Waals surface area contributed by atoms with Gasteiger partial charge in [0.2, 0.25) is 11.8 Å². The molecule has 3 aliphatic rings. The first-order chi connectivity index (χ1) is 15.0. The van der Waals surface area contributed by atoms with E-state index in [0.29, 0.717) is 44.8 Å². The maximum atomic E-state index is 13.3. The highest BCUT2D eigenvalue weighted by molar-refractivity contribution is 6.06. The van der Waals surface area contributed by atoms with Gasteiger partial charge in [0.05, 0.1) is 12.2 Å². The average molecular weight is 420 g/mol. The van der Waals surface area contributed by atoms with E-state index in [4.69, 9.17) is 10.5 Å². The summed E-state index contributed by atoms with van der Waals surface area (Å²) in [5.41, 5.74) is 10.2. The molecule has 0 spiro atoms. The molecule has 5 rings (SSSR count). The van der Waals surface area contributed by atoms with E-state index in [9.17, 15) is 14.4 Å². The van der Waals surface area contributed by atoms with Gasteiger partial charge in [-0.25, -0.2) is 0 Å². The van der Waals surface area contributed by atoms with Crippen LogP contribution >= 0.6 is 0 Å². The zero-order valence-corrected chi connectivity index (χ0v) is 17.1. The first-order valence-corrected chi connectivity index (χ1v) is 10.5. The van der Waals surface area contributed by atoms with Crippen molar-refractivity contribution >= 4 is 23.4 Å². The van der Waals surface area contributed by atoms with Gasteiger partial charge < -0.3 is 20.3 Å². The Balaban J connectivity index is 1.41. The van der Waals surface area contributed by atoms with E-state index in [2.05, 4.69) is 10.2 Å². The quantitative estimate of drug-likeness (QED) is 0.723. The van der Waals surface area contributed by atoms with Gasteiger partial charge in [-0.2, -0.15) is 0 Å². The van der Waals surface area contributed by atoms with Crippen LogP contribution in [0.15, 0.2) is 36.4 Å². The number of amides is 3. The molecule has 2 aromatic carbocycles. The number of fused-ring (bicyclic) bond motifs is 2. The SMILES string of the molecule is NCc1ccc2c(c1)OCCN2Cc1cccc2c1C(=O)N(C1CCC(=O)NC1=O)C2. The summed E-state index contributed by atoms with van der Waals surface area (Å²) in [5.74, 6) is -0.0167. The van der Waals surface area contributed by atoms with Crippen LogP contribution in [0.1, 0.15) is 39.9 Å². The molecule has 3 N–H and O–H groups in total. The van der Waals surface area contributed by atoms with Gasteiger partial charge in [0, 0.05) is 31.6 Å². The molecule has 31 heavy (non-hydrogen) atoms. The molecular formula is C23H24N4O4. The molecule has 0 aliphatic carbocycles. The first kappa shape index (κ1) is 19.6. The minimum absolute atomic E-state index is 0.146. The van der Waals surface area contributed by atoms with Gasteiger partial charge in [-0.1, -0.05) is 24.3 Å². The third-order valence-electron chi connectivity index (χ3n) is 6.22. The number of ether oxygens (including phenoxy) is 1. The summed E-state index contributed by atoms with van der Waals surface area (Å²) in [6.07, 6.45) is 0.610. The second-order valence-corrected chi connectivity index (χ2v) is 8.13. The zero-order valence-electron chi connectivity index (χ0n) is 17.1. The summed E-state index contributed by atoms with van der Waals surface area (Å²) in [4.78, 5) is 40.9. The number of hydrogen-bond acceptors (Lipinski definition) is 6. The molecule has 1 saturated heterocycles. The molecule has 0 bridgehead atoms. The fourth-order valence-electron chi connectivity index (χ4n) is 4.64. The van der Waals surface area contributed by atoms with Gasteiger partial charge in [0.1, 0.15) is 18.4 Å². The monoisotopic (exact) mass is 420 g/mol. The largest absolute Gasteiger partial charge is 0.490 e. The van der Waals surface area contributed by atoms with E-state index in [1.165, 1.54) is 0 Å². The van der Waals surface area contributed by atoms with Crippen LogP contribution < -0.4 is 20.7 Å². The molecule has 1 fully saturated rings. The number of rotatable bonds is 4. The third kappa shape index (κ3) is 3.42. The number of benzene rings is 2. The summed E-state index contributed by atoms with van der Waals surface area (Å²) in [5, 5.41) is 2.35. The minimum Gasteiger partial charge on any atom is -0.490 e. The Morgan fingerprint density at radius 2 is 2.03 bits per heavy atom. The number of nitrogens with one attached hydrogen (secondary N) is 1. The lowest BCUT2D eigenvalue weighted by Crippen LogP contribution is -2.52. The molecule has 2 aromatic rings. The fourth-order valence-corrected chi connectivity index (χ4v) is 4.64. The van der Waals surface area contributed by atoms with Crippen molar-refractivity contribution in [2.24, 2.45) is 5.73 Å². The molecule has 8 heteroatoms. The molecule has 0 radical (unpaired) electrons. The molecule has 160 valence electrons.